The Kier molecular flexibility index (Phi) is 5.52. The quantitative estimate of drug-likeness (QED) is 0.792. The summed E-state index contributed by atoms with van der Waals surface area (Å²) >= 11 is 0. The molecule has 6 nitrogen and oxygen atoms in total. The third-order valence-electron chi connectivity index (χ3n) is 3.73. The molecule has 20 heavy (non-hydrogen) atoms. The van der Waals surface area contributed by atoms with Gasteiger partial charge in [0.2, 0.25) is 11.8 Å². The van der Waals surface area contributed by atoms with Crippen molar-refractivity contribution in [3.63, 3.8) is 0 Å². The third kappa shape index (κ3) is 4.30. The third-order valence-corrected chi connectivity index (χ3v) is 3.73. The molecule has 0 radical (unpaired) electrons. The van der Waals surface area contributed by atoms with Crippen molar-refractivity contribution in [1.82, 2.24) is 20.4 Å². The molecule has 1 unspecified atom stereocenters. The molecule has 0 saturated carbocycles. The van der Waals surface area contributed by atoms with Gasteiger partial charge in [0.15, 0.2) is 5.82 Å². The Hall–Kier alpha value is -1.43. The number of hydrogen-bond acceptors (Lipinski definition) is 5. The first-order valence-corrected chi connectivity index (χ1v) is 7.40. The van der Waals surface area contributed by atoms with E-state index in [1.807, 2.05) is 11.9 Å². The Morgan fingerprint density at radius 2 is 2.40 bits per heavy atom. The van der Waals surface area contributed by atoms with Gasteiger partial charge in [-0.1, -0.05) is 5.16 Å². The zero-order chi connectivity index (χ0) is 14.4. The molecule has 6 heteroatoms. The van der Waals surface area contributed by atoms with Gasteiger partial charge in [0.05, 0.1) is 0 Å². The van der Waals surface area contributed by atoms with Gasteiger partial charge in [-0.05, 0) is 38.8 Å². The van der Waals surface area contributed by atoms with E-state index in [-0.39, 0.29) is 5.91 Å². The molecule has 1 atom stereocenters. The Morgan fingerprint density at radius 3 is 3.10 bits per heavy atom. The normalized spacial score (nSPS) is 19.3. The largest absolute Gasteiger partial charge is 0.342 e. The molecule has 0 aliphatic carbocycles. The number of aromatic nitrogens is 2. The fourth-order valence-electron chi connectivity index (χ4n) is 2.72. The summed E-state index contributed by atoms with van der Waals surface area (Å²) in [5.41, 5.74) is 0. The number of amides is 1. The Bertz CT molecular complexity index is 433. The summed E-state index contributed by atoms with van der Waals surface area (Å²) in [6, 6.07) is 0. The van der Waals surface area contributed by atoms with Gasteiger partial charge in [-0.2, -0.15) is 4.98 Å². The zero-order valence-electron chi connectivity index (χ0n) is 12.4. The van der Waals surface area contributed by atoms with Crippen LogP contribution in [0.5, 0.6) is 0 Å². The number of nitrogens with one attached hydrogen (secondary N) is 1. The zero-order valence-corrected chi connectivity index (χ0v) is 12.4. The summed E-state index contributed by atoms with van der Waals surface area (Å²) in [5, 5.41) is 7.01. The van der Waals surface area contributed by atoms with Crippen LogP contribution in [0, 0.1) is 12.8 Å². The molecule has 1 amide bonds. The van der Waals surface area contributed by atoms with E-state index in [0.717, 1.165) is 51.1 Å². The summed E-state index contributed by atoms with van der Waals surface area (Å²) in [7, 11) is 1.91. The molecule has 1 aromatic heterocycles. The van der Waals surface area contributed by atoms with Crippen LogP contribution >= 0.6 is 0 Å². The van der Waals surface area contributed by atoms with Gasteiger partial charge in [0.1, 0.15) is 0 Å². The first kappa shape index (κ1) is 15.0. The molecule has 1 aliphatic rings. The van der Waals surface area contributed by atoms with Gasteiger partial charge in [0.25, 0.3) is 0 Å². The smallest absolute Gasteiger partial charge is 0.223 e. The molecular formula is C14H24N4O2. The van der Waals surface area contributed by atoms with Crippen LogP contribution in [0.25, 0.3) is 0 Å². The van der Waals surface area contributed by atoms with Crippen LogP contribution in [0.15, 0.2) is 4.52 Å². The fourth-order valence-corrected chi connectivity index (χ4v) is 2.72. The first-order chi connectivity index (χ1) is 9.69. The molecule has 0 aromatic carbocycles. The Morgan fingerprint density at radius 1 is 1.55 bits per heavy atom. The second kappa shape index (κ2) is 7.38. The van der Waals surface area contributed by atoms with Crippen molar-refractivity contribution in [3.8, 4) is 0 Å². The SMILES string of the molecule is CNCCCC(=O)N1CCCC(Cc2noc(C)n2)C1. The van der Waals surface area contributed by atoms with Gasteiger partial charge in [-0.25, -0.2) is 0 Å². The maximum atomic E-state index is 12.1. The number of rotatable bonds is 6. The van der Waals surface area contributed by atoms with Crippen LogP contribution in [0.1, 0.15) is 37.4 Å². The lowest BCUT2D eigenvalue weighted by Gasteiger charge is -2.32. The first-order valence-electron chi connectivity index (χ1n) is 7.40. The van der Waals surface area contributed by atoms with E-state index < -0.39 is 0 Å². The predicted molar refractivity (Wildman–Crippen MR) is 75.2 cm³/mol. The van der Waals surface area contributed by atoms with E-state index in [9.17, 15) is 4.79 Å². The van der Waals surface area contributed by atoms with E-state index in [0.29, 0.717) is 18.2 Å². The highest BCUT2D eigenvalue weighted by atomic mass is 16.5. The monoisotopic (exact) mass is 280 g/mol. The highest BCUT2D eigenvalue weighted by Gasteiger charge is 2.24. The number of hydrogen-bond donors (Lipinski definition) is 1. The number of likely N-dealkylation sites (tertiary alicyclic amines) is 1. The average Bonchev–Trinajstić information content (AvgIpc) is 2.84. The highest BCUT2D eigenvalue weighted by molar-refractivity contribution is 5.76. The minimum atomic E-state index is 0.272. The lowest BCUT2D eigenvalue weighted by molar-refractivity contribution is -0.133. The molecule has 0 spiro atoms. The number of aryl methyl sites for hydroxylation is 1. The predicted octanol–water partition coefficient (Wildman–Crippen LogP) is 1.16. The van der Waals surface area contributed by atoms with Crippen LogP contribution in [0.3, 0.4) is 0 Å². The molecule has 2 rings (SSSR count). The molecule has 2 heterocycles. The lowest BCUT2D eigenvalue weighted by atomic mass is 9.94. The van der Waals surface area contributed by atoms with Crippen LogP contribution in [0.2, 0.25) is 0 Å². The summed E-state index contributed by atoms with van der Waals surface area (Å²) in [6.45, 7) is 4.41. The molecule has 1 saturated heterocycles. The molecule has 1 N–H and O–H groups in total. The van der Waals surface area contributed by atoms with Crippen molar-refractivity contribution in [2.45, 2.75) is 39.0 Å². The topological polar surface area (TPSA) is 71.3 Å². The standard InChI is InChI=1S/C14H24N4O2/c1-11-16-13(17-20-11)9-12-5-4-8-18(10-12)14(19)6-3-7-15-2/h12,15H,3-10H2,1-2H3. The highest BCUT2D eigenvalue weighted by Crippen LogP contribution is 2.20. The fraction of sp³-hybridized carbons (Fsp3) is 0.786. The van der Waals surface area contributed by atoms with Gasteiger partial charge >= 0.3 is 0 Å². The van der Waals surface area contributed by atoms with E-state index in [1.54, 1.807) is 6.92 Å². The number of carbonyl (C=O) groups excluding carboxylic acids is 1. The number of piperidine rings is 1. The van der Waals surface area contributed by atoms with Crippen LogP contribution in [-0.4, -0.2) is 47.6 Å². The van der Waals surface area contributed by atoms with Crippen molar-refractivity contribution >= 4 is 5.91 Å². The molecular weight excluding hydrogens is 256 g/mol. The van der Waals surface area contributed by atoms with Crippen molar-refractivity contribution in [2.24, 2.45) is 5.92 Å². The van der Waals surface area contributed by atoms with Gasteiger partial charge in [-0.15, -0.1) is 0 Å². The van der Waals surface area contributed by atoms with E-state index in [2.05, 4.69) is 15.5 Å². The van der Waals surface area contributed by atoms with Crippen LogP contribution < -0.4 is 5.32 Å². The Balaban J connectivity index is 1.80. The van der Waals surface area contributed by atoms with Gasteiger partial charge < -0.3 is 14.7 Å². The molecule has 1 fully saturated rings. The maximum absolute atomic E-state index is 12.1. The number of carbonyl (C=O) groups is 1. The number of nitrogens with zero attached hydrogens (tertiary/aromatic N) is 3. The van der Waals surface area contributed by atoms with E-state index in [1.165, 1.54) is 0 Å². The van der Waals surface area contributed by atoms with Crippen molar-refractivity contribution < 1.29 is 9.32 Å². The van der Waals surface area contributed by atoms with E-state index >= 15 is 0 Å². The van der Waals surface area contributed by atoms with Crippen LogP contribution in [-0.2, 0) is 11.2 Å². The van der Waals surface area contributed by atoms with Crippen LogP contribution in [0.4, 0.5) is 0 Å². The minimum Gasteiger partial charge on any atom is -0.342 e. The second-order valence-electron chi connectivity index (χ2n) is 5.49. The molecule has 0 bridgehead atoms. The molecule has 112 valence electrons. The van der Waals surface area contributed by atoms with Crippen molar-refractivity contribution in [3.05, 3.63) is 11.7 Å². The minimum absolute atomic E-state index is 0.272. The Labute approximate surface area is 119 Å². The molecule has 1 aliphatic heterocycles. The maximum Gasteiger partial charge on any atom is 0.223 e. The van der Waals surface area contributed by atoms with Gasteiger partial charge in [-0.3, -0.25) is 4.79 Å². The summed E-state index contributed by atoms with van der Waals surface area (Å²) < 4.78 is 5.00. The summed E-state index contributed by atoms with van der Waals surface area (Å²) in [6.07, 6.45) is 4.54. The summed E-state index contributed by atoms with van der Waals surface area (Å²) in [4.78, 5) is 18.4. The van der Waals surface area contributed by atoms with Gasteiger partial charge in [0, 0.05) is 32.9 Å². The second-order valence-corrected chi connectivity index (χ2v) is 5.49. The van der Waals surface area contributed by atoms with E-state index in [4.69, 9.17) is 4.52 Å². The van der Waals surface area contributed by atoms with Crippen molar-refractivity contribution in [2.75, 3.05) is 26.7 Å². The van der Waals surface area contributed by atoms with Crippen molar-refractivity contribution in [1.29, 1.82) is 0 Å². The average molecular weight is 280 g/mol. The molecule has 1 aromatic rings. The summed E-state index contributed by atoms with van der Waals surface area (Å²) in [5.74, 6) is 2.09. The lowest BCUT2D eigenvalue weighted by Crippen LogP contribution is -2.40.